The highest BCUT2D eigenvalue weighted by Crippen LogP contribution is 2.19. The Bertz CT molecular complexity index is 505. The van der Waals surface area contributed by atoms with Gasteiger partial charge in [-0.15, -0.1) is 0 Å². The molecule has 22 heavy (non-hydrogen) atoms. The van der Waals surface area contributed by atoms with Crippen molar-refractivity contribution < 1.29 is 18.3 Å². The summed E-state index contributed by atoms with van der Waals surface area (Å²) in [6.45, 7) is 2.83. The van der Waals surface area contributed by atoms with Crippen LogP contribution in [0.3, 0.4) is 0 Å². The van der Waals surface area contributed by atoms with Crippen molar-refractivity contribution in [1.82, 2.24) is 14.8 Å². The minimum atomic E-state index is -2.70. The Balaban J connectivity index is 1.84. The summed E-state index contributed by atoms with van der Waals surface area (Å²) in [7, 11) is 1.67. The molecule has 1 unspecified atom stereocenters. The molecule has 1 aromatic heterocycles. The molecule has 2 heterocycles. The summed E-state index contributed by atoms with van der Waals surface area (Å²) in [5.74, 6) is -0.0828. The third kappa shape index (κ3) is 4.04. The van der Waals surface area contributed by atoms with Crippen LogP contribution in [0.5, 0.6) is 0 Å². The highest BCUT2D eigenvalue weighted by atomic mass is 19.3. The minimum absolute atomic E-state index is 0.0155. The van der Waals surface area contributed by atoms with Crippen molar-refractivity contribution in [3.05, 3.63) is 23.5 Å². The molecule has 124 valence electrons. The lowest BCUT2D eigenvalue weighted by molar-refractivity contribution is 0.0616. The molecular weight excluding hydrogens is 292 g/mol. The van der Waals surface area contributed by atoms with Crippen LogP contribution in [0.15, 0.2) is 12.1 Å². The topological polar surface area (TPSA) is 46.5 Å². The third-order valence-electron chi connectivity index (χ3n) is 4.08. The van der Waals surface area contributed by atoms with Gasteiger partial charge in [-0.25, -0.2) is 0 Å². The molecule has 1 amide bonds. The summed E-state index contributed by atoms with van der Waals surface area (Å²) in [5.41, 5.74) is 0.397. The van der Waals surface area contributed by atoms with Gasteiger partial charge < -0.3 is 15.0 Å². The number of rotatable bonds is 7. The molecule has 5 nitrogen and oxygen atoms in total. The van der Waals surface area contributed by atoms with Crippen LogP contribution in [0.25, 0.3) is 0 Å². The first-order valence-corrected chi connectivity index (χ1v) is 7.48. The summed E-state index contributed by atoms with van der Waals surface area (Å²) in [6.07, 6.45) is 0.999. The largest absolute Gasteiger partial charge is 0.383 e. The van der Waals surface area contributed by atoms with Gasteiger partial charge in [0.25, 0.3) is 5.91 Å². The first-order valence-electron chi connectivity index (χ1n) is 7.48. The van der Waals surface area contributed by atoms with Crippen LogP contribution in [0.1, 0.15) is 29.2 Å². The predicted octanol–water partition coefficient (Wildman–Crippen LogP) is 1.89. The average molecular weight is 315 g/mol. The predicted molar refractivity (Wildman–Crippen MR) is 79.2 cm³/mol. The minimum Gasteiger partial charge on any atom is -0.383 e. The highest BCUT2D eigenvalue weighted by molar-refractivity contribution is 5.92. The van der Waals surface area contributed by atoms with Crippen LogP contribution >= 0.6 is 0 Å². The number of amides is 1. The second-order valence-electron chi connectivity index (χ2n) is 5.67. The number of hydrogen-bond acceptors (Lipinski definition) is 3. The molecule has 1 N–H and O–H groups in total. The monoisotopic (exact) mass is 315 g/mol. The molecule has 1 aliphatic heterocycles. The van der Waals surface area contributed by atoms with Crippen molar-refractivity contribution in [1.29, 1.82) is 0 Å². The van der Waals surface area contributed by atoms with E-state index >= 15 is 0 Å². The maximum absolute atomic E-state index is 13.0. The number of nitrogens with one attached hydrogen (secondary N) is 1. The number of aromatic nitrogens is 1. The molecule has 1 aromatic rings. The van der Waals surface area contributed by atoms with Crippen LogP contribution in [0.2, 0.25) is 0 Å². The number of carbonyl (C=O) groups is 1. The number of halogens is 2. The zero-order chi connectivity index (χ0) is 16.1. The normalized spacial score (nSPS) is 19.0. The van der Waals surface area contributed by atoms with Gasteiger partial charge >= 0.3 is 6.55 Å². The van der Waals surface area contributed by atoms with Crippen LogP contribution in [0, 0.1) is 12.8 Å². The first-order chi connectivity index (χ1) is 10.5. The summed E-state index contributed by atoms with van der Waals surface area (Å²) in [6, 6.07) is 2.97. The van der Waals surface area contributed by atoms with E-state index in [1.54, 1.807) is 14.0 Å². The van der Waals surface area contributed by atoms with E-state index in [9.17, 15) is 13.6 Å². The smallest absolute Gasteiger partial charge is 0.319 e. The molecule has 0 saturated carbocycles. The van der Waals surface area contributed by atoms with Crippen molar-refractivity contribution >= 4 is 5.91 Å². The van der Waals surface area contributed by atoms with Crippen molar-refractivity contribution in [3.8, 4) is 0 Å². The SMILES string of the molecule is COCCN1CCC(CNC(=O)c2ccc(C)n2C(F)F)C1. The second-order valence-corrected chi connectivity index (χ2v) is 5.67. The van der Waals surface area contributed by atoms with Gasteiger partial charge in [-0.1, -0.05) is 0 Å². The average Bonchev–Trinajstić information content (AvgIpc) is 3.09. The number of likely N-dealkylation sites (tertiary alicyclic amines) is 1. The van der Waals surface area contributed by atoms with Gasteiger partial charge in [-0.05, 0) is 37.9 Å². The van der Waals surface area contributed by atoms with E-state index in [4.69, 9.17) is 4.74 Å². The van der Waals surface area contributed by atoms with Gasteiger partial charge in [0.05, 0.1) is 6.61 Å². The molecule has 1 aliphatic rings. The number of aryl methyl sites for hydroxylation is 1. The van der Waals surface area contributed by atoms with E-state index in [1.165, 1.54) is 12.1 Å². The van der Waals surface area contributed by atoms with Gasteiger partial charge in [0.1, 0.15) is 5.69 Å². The quantitative estimate of drug-likeness (QED) is 0.836. The van der Waals surface area contributed by atoms with Crippen LogP contribution in [-0.4, -0.2) is 55.3 Å². The van der Waals surface area contributed by atoms with Crippen molar-refractivity contribution in [2.24, 2.45) is 5.92 Å². The molecule has 7 heteroatoms. The van der Waals surface area contributed by atoms with Crippen molar-refractivity contribution in [2.75, 3.05) is 39.9 Å². The molecule has 0 spiro atoms. The zero-order valence-corrected chi connectivity index (χ0v) is 13.0. The number of alkyl halides is 2. The highest BCUT2D eigenvalue weighted by Gasteiger charge is 2.24. The summed E-state index contributed by atoms with van der Waals surface area (Å²) in [4.78, 5) is 14.4. The summed E-state index contributed by atoms with van der Waals surface area (Å²) in [5, 5.41) is 2.78. The Labute approximate surface area is 129 Å². The molecule has 1 fully saturated rings. The van der Waals surface area contributed by atoms with Crippen molar-refractivity contribution in [3.63, 3.8) is 0 Å². The standard InChI is InChI=1S/C15H23F2N3O2/c1-11-3-4-13(20(11)15(16)17)14(21)18-9-12-5-6-19(10-12)7-8-22-2/h3-4,12,15H,5-10H2,1-2H3,(H,18,21). The molecule has 0 aliphatic carbocycles. The lowest BCUT2D eigenvalue weighted by Crippen LogP contribution is -2.33. The molecule has 1 saturated heterocycles. The van der Waals surface area contributed by atoms with Gasteiger partial charge in [0.2, 0.25) is 0 Å². The van der Waals surface area contributed by atoms with E-state index in [2.05, 4.69) is 10.2 Å². The number of carbonyl (C=O) groups excluding carboxylic acids is 1. The van der Waals surface area contributed by atoms with E-state index < -0.39 is 12.5 Å². The Morgan fingerprint density at radius 3 is 2.95 bits per heavy atom. The Kier molecular flexibility index (Phi) is 5.90. The van der Waals surface area contributed by atoms with Crippen LogP contribution in [0.4, 0.5) is 8.78 Å². The van der Waals surface area contributed by atoms with Crippen LogP contribution in [-0.2, 0) is 4.74 Å². The van der Waals surface area contributed by atoms with Crippen LogP contribution < -0.4 is 5.32 Å². The van der Waals surface area contributed by atoms with Gasteiger partial charge in [0, 0.05) is 32.4 Å². The maximum Gasteiger partial charge on any atom is 0.319 e. The van der Waals surface area contributed by atoms with Gasteiger partial charge in [0.15, 0.2) is 0 Å². The number of ether oxygens (including phenoxy) is 1. The lowest BCUT2D eigenvalue weighted by atomic mass is 10.1. The number of nitrogens with zero attached hydrogens (tertiary/aromatic N) is 2. The van der Waals surface area contributed by atoms with Gasteiger partial charge in [-0.2, -0.15) is 8.78 Å². The summed E-state index contributed by atoms with van der Waals surface area (Å²) >= 11 is 0. The fraction of sp³-hybridized carbons (Fsp3) is 0.667. The first kappa shape index (κ1) is 16.9. The maximum atomic E-state index is 13.0. The van der Waals surface area contributed by atoms with Gasteiger partial charge in [-0.3, -0.25) is 9.36 Å². The lowest BCUT2D eigenvalue weighted by Gasteiger charge is -2.16. The summed E-state index contributed by atoms with van der Waals surface area (Å²) < 4.78 is 31.7. The molecule has 0 radical (unpaired) electrons. The zero-order valence-electron chi connectivity index (χ0n) is 13.0. The van der Waals surface area contributed by atoms with E-state index in [0.717, 1.165) is 30.6 Å². The van der Waals surface area contributed by atoms with E-state index in [0.29, 0.717) is 24.8 Å². The Morgan fingerprint density at radius 1 is 1.50 bits per heavy atom. The second kappa shape index (κ2) is 7.69. The third-order valence-corrected chi connectivity index (χ3v) is 4.08. The Morgan fingerprint density at radius 2 is 2.27 bits per heavy atom. The molecule has 1 atom stereocenters. The fourth-order valence-electron chi connectivity index (χ4n) is 2.82. The van der Waals surface area contributed by atoms with E-state index in [1.807, 2.05) is 0 Å². The molecule has 0 aromatic carbocycles. The molecule has 0 bridgehead atoms. The fourth-order valence-corrected chi connectivity index (χ4v) is 2.82. The number of hydrogen-bond donors (Lipinski definition) is 1. The Hall–Kier alpha value is -1.47. The van der Waals surface area contributed by atoms with Crippen molar-refractivity contribution in [2.45, 2.75) is 19.9 Å². The van der Waals surface area contributed by atoms with E-state index in [-0.39, 0.29) is 5.69 Å². The molecule has 2 rings (SSSR count). The number of methoxy groups -OCH3 is 1. The molecular formula is C15H23F2N3O2.